The lowest BCUT2D eigenvalue weighted by molar-refractivity contribution is -0.742. The number of nitrogens with zero attached hydrogens (tertiary/aromatic N) is 3. The Morgan fingerprint density at radius 2 is 1.84 bits per heavy atom. The van der Waals surface area contributed by atoms with Crippen LogP contribution in [0.3, 0.4) is 0 Å². The fourth-order valence-electron chi connectivity index (χ4n) is 3.68. The summed E-state index contributed by atoms with van der Waals surface area (Å²) < 4.78 is 2.25. The van der Waals surface area contributed by atoms with E-state index in [0.29, 0.717) is 0 Å². The molecule has 5 rings (SSSR count). The first kappa shape index (κ1) is 15.4. The normalized spacial score (nSPS) is 13.4. The van der Waals surface area contributed by atoms with E-state index in [2.05, 4.69) is 53.2 Å². The molecule has 126 valence electrons. The lowest BCUT2D eigenvalue weighted by atomic mass is 9.92. The molecule has 6 nitrogen and oxygen atoms in total. The van der Waals surface area contributed by atoms with Gasteiger partial charge in [0.1, 0.15) is 0 Å². The van der Waals surface area contributed by atoms with E-state index < -0.39 is 5.09 Å². The highest BCUT2D eigenvalue weighted by Gasteiger charge is 2.17. The van der Waals surface area contributed by atoms with Crippen molar-refractivity contribution in [3.63, 3.8) is 0 Å². The van der Waals surface area contributed by atoms with E-state index in [-0.39, 0.29) is 0 Å². The van der Waals surface area contributed by atoms with Crippen LogP contribution in [0.5, 0.6) is 0 Å². The lowest BCUT2D eigenvalue weighted by Crippen LogP contribution is -2.05. The topological polar surface area (TPSA) is 80.7 Å². The largest absolute Gasteiger partial charge is 0.328 e. The summed E-state index contributed by atoms with van der Waals surface area (Å²) in [5.41, 5.74) is 7.76. The first-order valence-corrected chi connectivity index (χ1v) is 8.27. The third-order valence-electron chi connectivity index (χ3n) is 4.76. The zero-order valence-electron chi connectivity index (χ0n) is 13.6. The minimum absolute atomic E-state index is 1.10. The number of rotatable bonds is 0. The van der Waals surface area contributed by atoms with E-state index in [1.165, 1.54) is 53.3 Å². The van der Waals surface area contributed by atoms with Crippen LogP contribution in [0.15, 0.2) is 48.8 Å². The SMILES string of the molecule is O=[N+]([O-])O.c1ccc2c3ccn4cc5c(cc4c-3nc2c1)CCCC5. The number of aryl methyl sites for hydroxylation is 2. The van der Waals surface area contributed by atoms with Crippen LogP contribution in [-0.2, 0) is 12.8 Å². The second kappa shape index (κ2) is 6.05. The third-order valence-corrected chi connectivity index (χ3v) is 4.76. The first-order chi connectivity index (χ1) is 12.1. The molecule has 0 spiro atoms. The molecule has 2 aliphatic heterocycles. The van der Waals surface area contributed by atoms with Crippen LogP contribution in [0, 0.1) is 10.1 Å². The van der Waals surface area contributed by atoms with E-state index >= 15 is 0 Å². The zero-order valence-corrected chi connectivity index (χ0v) is 13.6. The van der Waals surface area contributed by atoms with Gasteiger partial charge in [-0.25, -0.2) is 4.98 Å². The van der Waals surface area contributed by atoms with Crippen molar-refractivity contribution in [2.24, 2.45) is 0 Å². The highest BCUT2D eigenvalue weighted by Crippen LogP contribution is 2.35. The van der Waals surface area contributed by atoms with Crippen LogP contribution in [0.4, 0.5) is 0 Å². The lowest BCUT2D eigenvalue weighted by Gasteiger charge is -2.18. The fourth-order valence-corrected chi connectivity index (χ4v) is 3.68. The molecule has 3 heterocycles. The Bertz CT molecular complexity index is 1050. The second-order valence-corrected chi connectivity index (χ2v) is 6.27. The molecule has 0 saturated carbocycles. The summed E-state index contributed by atoms with van der Waals surface area (Å²) in [6.07, 6.45) is 9.55. The van der Waals surface area contributed by atoms with Crippen LogP contribution < -0.4 is 0 Å². The molecule has 25 heavy (non-hydrogen) atoms. The van der Waals surface area contributed by atoms with Gasteiger partial charge in [0.2, 0.25) is 0 Å². The van der Waals surface area contributed by atoms with Gasteiger partial charge in [-0.2, -0.15) is 0 Å². The van der Waals surface area contributed by atoms with Crippen molar-refractivity contribution < 1.29 is 10.3 Å². The Morgan fingerprint density at radius 3 is 2.64 bits per heavy atom. The zero-order chi connectivity index (χ0) is 17.4. The highest BCUT2D eigenvalue weighted by molar-refractivity contribution is 6.01. The Balaban J connectivity index is 0.000000358. The summed E-state index contributed by atoms with van der Waals surface area (Å²) in [6.45, 7) is 0. The molecule has 6 heteroatoms. The number of fused-ring (bicyclic) bond motifs is 6. The number of hydrogen-bond acceptors (Lipinski definition) is 3. The number of pyridine rings is 2. The van der Waals surface area contributed by atoms with Gasteiger partial charge in [0, 0.05) is 23.3 Å². The van der Waals surface area contributed by atoms with Crippen LogP contribution in [0.2, 0.25) is 0 Å². The summed E-state index contributed by atoms with van der Waals surface area (Å²) in [5, 5.41) is 14.9. The Morgan fingerprint density at radius 1 is 1.12 bits per heavy atom. The van der Waals surface area contributed by atoms with Gasteiger partial charge in [-0.3, -0.25) is 0 Å². The number of benzene rings is 1. The van der Waals surface area contributed by atoms with Gasteiger partial charge in [0.15, 0.2) is 0 Å². The molecular formula is C19H17N3O3. The van der Waals surface area contributed by atoms with Crippen LogP contribution in [-0.4, -0.2) is 19.7 Å². The van der Waals surface area contributed by atoms with E-state index in [0.717, 1.165) is 11.2 Å². The van der Waals surface area contributed by atoms with Crippen molar-refractivity contribution in [2.45, 2.75) is 25.7 Å². The smallest absolute Gasteiger partial charge is 0.291 e. The van der Waals surface area contributed by atoms with Crippen LogP contribution in [0.1, 0.15) is 24.0 Å². The number of hydrogen-bond donors (Lipinski definition) is 1. The number of aromatic nitrogens is 2. The maximum Gasteiger partial charge on any atom is 0.291 e. The van der Waals surface area contributed by atoms with Gasteiger partial charge in [0.05, 0.1) is 16.7 Å². The minimum atomic E-state index is -1.50. The van der Waals surface area contributed by atoms with Gasteiger partial charge >= 0.3 is 0 Å². The quantitative estimate of drug-likeness (QED) is 0.387. The maximum absolute atomic E-state index is 8.36. The third kappa shape index (κ3) is 2.76. The molecule has 3 aliphatic rings. The summed E-state index contributed by atoms with van der Waals surface area (Å²) in [4.78, 5) is 13.2. The average molecular weight is 335 g/mol. The van der Waals surface area contributed by atoms with Crippen LogP contribution >= 0.6 is 0 Å². The van der Waals surface area contributed by atoms with Crippen molar-refractivity contribution in [3.8, 4) is 11.3 Å². The van der Waals surface area contributed by atoms with Crippen molar-refractivity contribution >= 4 is 16.4 Å². The summed E-state index contributed by atoms with van der Waals surface area (Å²) in [6, 6.07) is 13.0. The standard InChI is InChI=1S/C19H16N2.HNO3/c1-2-6-14-12-21-10-9-16-15-7-3-4-8-17(15)20-19(16)18(21)11-13(14)5-1;2-1(3)4/h3-4,7-12H,1-2,5-6H2;(H,2,3,4). The summed E-state index contributed by atoms with van der Waals surface area (Å²) >= 11 is 0. The van der Waals surface area contributed by atoms with E-state index in [9.17, 15) is 0 Å². The molecule has 1 aliphatic carbocycles. The monoisotopic (exact) mass is 335 g/mol. The molecule has 0 unspecified atom stereocenters. The van der Waals surface area contributed by atoms with E-state index in [1.807, 2.05) is 0 Å². The van der Waals surface area contributed by atoms with Gasteiger partial charge in [0.25, 0.3) is 5.09 Å². The molecule has 1 N–H and O–H groups in total. The Labute approximate surface area is 143 Å². The average Bonchev–Trinajstić information content (AvgIpc) is 2.99. The molecule has 1 aromatic carbocycles. The van der Waals surface area contributed by atoms with Crippen molar-refractivity contribution in [2.75, 3.05) is 0 Å². The molecule has 1 aromatic heterocycles. The molecule has 0 radical (unpaired) electrons. The maximum atomic E-state index is 8.36. The highest BCUT2D eigenvalue weighted by atomic mass is 16.9. The Hall–Kier alpha value is -3.15. The molecule has 0 atom stereocenters. The molecular weight excluding hydrogens is 318 g/mol. The van der Waals surface area contributed by atoms with Crippen molar-refractivity contribution in [1.82, 2.24) is 9.38 Å². The van der Waals surface area contributed by atoms with Gasteiger partial charge in [-0.1, -0.05) is 18.2 Å². The summed E-state index contributed by atoms with van der Waals surface area (Å²) in [5.74, 6) is 0. The molecule has 0 bridgehead atoms. The molecule has 2 aromatic rings. The minimum Gasteiger partial charge on any atom is -0.328 e. The summed E-state index contributed by atoms with van der Waals surface area (Å²) in [7, 11) is 0. The van der Waals surface area contributed by atoms with E-state index in [1.54, 1.807) is 0 Å². The Kier molecular flexibility index (Phi) is 3.72. The van der Waals surface area contributed by atoms with Crippen LogP contribution in [0.25, 0.3) is 27.7 Å². The van der Waals surface area contributed by atoms with Gasteiger partial charge in [-0.05, 0) is 55.0 Å². The van der Waals surface area contributed by atoms with Gasteiger partial charge in [-0.15, -0.1) is 10.1 Å². The first-order valence-electron chi connectivity index (χ1n) is 8.27. The van der Waals surface area contributed by atoms with Crippen molar-refractivity contribution in [1.29, 1.82) is 0 Å². The van der Waals surface area contributed by atoms with Crippen molar-refractivity contribution in [3.05, 3.63) is 70.0 Å². The van der Waals surface area contributed by atoms with Gasteiger partial charge < -0.3 is 9.61 Å². The predicted molar refractivity (Wildman–Crippen MR) is 94.7 cm³/mol. The molecule has 0 fully saturated rings. The second-order valence-electron chi connectivity index (χ2n) is 6.27. The van der Waals surface area contributed by atoms with E-state index in [4.69, 9.17) is 20.3 Å². The predicted octanol–water partition coefficient (Wildman–Crippen LogP) is 4.12. The number of para-hydroxylation sites is 1. The molecule has 0 amide bonds. The fraction of sp³-hybridized carbons (Fsp3) is 0.211. The molecule has 0 saturated heterocycles.